The summed E-state index contributed by atoms with van der Waals surface area (Å²) in [6.07, 6.45) is 3.30. The van der Waals surface area contributed by atoms with E-state index in [1.807, 2.05) is 12.1 Å². The number of aromatic nitrogens is 4. The Labute approximate surface area is 96.8 Å². The number of hydrogen-bond acceptors (Lipinski definition) is 4. The Kier molecular flexibility index (Phi) is 2.06. The highest BCUT2D eigenvalue weighted by atomic mass is 15.1. The molecule has 0 aliphatic carbocycles. The van der Waals surface area contributed by atoms with Crippen molar-refractivity contribution >= 4 is 11.0 Å². The van der Waals surface area contributed by atoms with Crippen LogP contribution in [-0.2, 0) is 0 Å². The molecule has 0 aliphatic heterocycles. The van der Waals surface area contributed by atoms with E-state index in [1.165, 1.54) is 0 Å². The van der Waals surface area contributed by atoms with Gasteiger partial charge >= 0.3 is 0 Å². The Hall–Kier alpha value is -2.74. The molecule has 1 N–H and O–H groups in total. The lowest BCUT2D eigenvalue weighted by molar-refractivity contribution is 1.11. The zero-order chi connectivity index (χ0) is 11.7. The van der Waals surface area contributed by atoms with Gasteiger partial charge in [0.1, 0.15) is 11.2 Å². The Morgan fingerprint density at radius 3 is 3.00 bits per heavy atom. The smallest absolute Gasteiger partial charge is 0.137 e. The Balaban J connectivity index is 2.24. The quantitative estimate of drug-likeness (QED) is 0.680. The highest BCUT2D eigenvalue weighted by molar-refractivity contribution is 5.88. The number of fused-ring (bicyclic) bond motifs is 1. The van der Waals surface area contributed by atoms with Crippen LogP contribution in [0.3, 0.4) is 0 Å². The molecule has 0 saturated carbocycles. The van der Waals surface area contributed by atoms with Crippen molar-refractivity contribution in [1.29, 1.82) is 5.26 Å². The molecule has 0 bridgehead atoms. The van der Waals surface area contributed by atoms with Crippen molar-refractivity contribution in [2.75, 3.05) is 0 Å². The predicted octanol–water partition coefficient (Wildman–Crippen LogP) is 1.89. The third-order valence-corrected chi connectivity index (χ3v) is 2.45. The van der Waals surface area contributed by atoms with Gasteiger partial charge in [0.15, 0.2) is 0 Å². The van der Waals surface area contributed by atoms with Gasteiger partial charge in [-0.15, -0.1) is 0 Å². The molecule has 0 radical (unpaired) electrons. The van der Waals surface area contributed by atoms with Crippen molar-refractivity contribution in [3.63, 3.8) is 0 Å². The fraction of sp³-hybridized carbons (Fsp3) is 0. The summed E-state index contributed by atoms with van der Waals surface area (Å²) < 4.78 is 0. The van der Waals surface area contributed by atoms with Gasteiger partial charge in [-0.3, -0.25) is 15.1 Å². The molecule has 3 heterocycles. The fourth-order valence-electron chi connectivity index (χ4n) is 1.66. The van der Waals surface area contributed by atoms with Crippen molar-refractivity contribution in [2.24, 2.45) is 0 Å². The summed E-state index contributed by atoms with van der Waals surface area (Å²) in [6, 6.07) is 9.17. The largest absolute Gasteiger partial charge is 0.275 e. The van der Waals surface area contributed by atoms with Crippen LogP contribution in [0.4, 0.5) is 0 Å². The Bertz CT molecular complexity index is 723. The molecule has 0 aromatic carbocycles. The minimum Gasteiger partial charge on any atom is -0.275 e. The monoisotopic (exact) mass is 221 g/mol. The average molecular weight is 221 g/mol. The first kappa shape index (κ1) is 9.48. The lowest BCUT2D eigenvalue weighted by Gasteiger charge is -1.96. The minimum absolute atomic E-state index is 0.557. The van der Waals surface area contributed by atoms with Gasteiger partial charge in [-0.2, -0.15) is 10.4 Å². The van der Waals surface area contributed by atoms with E-state index in [4.69, 9.17) is 5.26 Å². The van der Waals surface area contributed by atoms with Gasteiger partial charge < -0.3 is 0 Å². The van der Waals surface area contributed by atoms with Gasteiger partial charge in [-0.05, 0) is 24.3 Å². The molecule has 0 spiro atoms. The van der Waals surface area contributed by atoms with E-state index in [9.17, 15) is 0 Å². The van der Waals surface area contributed by atoms with Crippen LogP contribution in [-0.4, -0.2) is 20.2 Å². The maximum Gasteiger partial charge on any atom is 0.137 e. The summed E-state index contributed by atoms with van der Waals surface area (Å²) in [5, 5.41) is 15.9. The molecule has 0 atom stereocenters. The third-order valence-electron chi connectivity index (χ3n) is 2.45. The first-order valence-electron chi connectivity index (χ1n) is 5.04. The van der Waals surface area contributed by atoms with Gasteiger partial charge in [-0.1, -0.05) is 0 Å². The summed E-state index contributed by atoms with van der Waals surface area (Å²) in [5.74, 6) is 0. The van der Waals surface area contributed by atoms with Crippen LogP contribution in [0.1, 0.15) is 5.56 Å². The highest BCUT2D eigenvalue weighted by Gasteiger charge is 2.10. The molecule has 17 heavy (non-hydrogen) atoms. The fourth-order valence-corrected chi connectivity index (χ4v) is 1.66. The molecule has 3 rings (SSSR count). The molecule has 5 heteroatoms. The SMILES string of the molecule is N#Cc1ccnc(-c2n[nH]c3cccnc23)c1. The van der Waals surface area contributed by atoms with Crippen LogP contribution >= 0.6 is 0 Å². The molecule has 5 nitrogen and oxygen atoms in total. The second-order valence-corrected chi connectivity index (χ2v) is 3.51. The summed E-state index contributed by atoms with van der Waals surface area (Å²) in [4.78, 5) is 8.46. The normalized spacial score (nSPS) is 10.3. The van der Waals surface area contributed by atoms with Crippen molar-refractivity contribution in [3.8, 4) is 17.5 Å². The van der Waals surface area contributed by atoms with E-state index in [0.717, 1.165) is 11.0 Å². The van der Waals surface area contributed by atoms with Gasteiger partial charge in [0, 0.05) is 12.4 Å². The van der Waals surface area contributed by atoms with E-state index >= 15 is 0 Å². The van der Waals surface area contributed by atoms with Gasteiger partial charge in [-0.25, -0.2) is 0 Å². The van der Waals surface area contributed by atoms with Crippen molar-refractivity contribution in [3.05, 3.63) is 42.2 Å². The van der Waals surface area contributed by atoms with Crippen LogP contribution in [0.2, 0.25) is 0 Å². The molecule has 80 valence electrons. The molecule has 0 fully saturated rings. The van der Waals surface area contributed by atoms with Crippen LogP contribution in [0.25, 0.3) is 22.4 Å². The summed E-state index contributed by atoms with van der Waals surface area (Å²) in [7, 11) is 0. The number of rotatable bonds is 1. The first-order chi connectivity index (χ1) is 8.38. The number of hydrogen-bond donors (Lipinski definition) is 1. The zero-order valence-corrected chi connectivity index (χ0v) is 8.75. The zero-order valence-electron chi connectivity index (χ0n) is 8.75. The topological polar surface area (TPSA) is 78.2 Å². The Morgan fingerprint density at radius 1 is 1.18 bits per heavy atom. The molecule has 3 aromatic rings. The molecule has 0 aliphatic rings. The summed E-state index contributed by atoms with van der Waals surface area (Å²) >= 11 is 0. The van der Waals surface area contributed by atoms with Gasteiger partial charge in [0.2, 0.25) is 0 Å². The van der Waals surface area contributed by atoms with Gasteiger partial charge in [0.25, 0.3) is 0 Å². The van der Waals surface area contributed by atoms with Crippen molar-refractivity contribution in [2.45, 2.75) is 0 Å². The molecular weight excluding hydrogens is 214 g/mol. The first-order valence-corrected chi connectivity index (χ1v) is 5.04. The molecule has 0 amide bonds. The lowest BCUT2D eigenvalue weighted by atomic mass is 10.2. The van der Waals surface area contributed by atoms with Crippen molar-refractivity contribution < 1.29 is 0 Å². The second kappa shape index (κ2) is 3.68. The summed E-state index contributed by atoms with van der Waals surface area (Å²) in [5.41, 5.74) is 3.48. The van der Waals surface area contributed by atoms with Gasteiger partial charge in [0.05, 0.1) is 22.8 Å². The average Bonchev–Trinajstić information content (AvgIpc) is 2.82. The van der Waals surface area contributed by atoms with Crippen LogP contribution in [0.15, 0.2) is 36.7 Å². The highest BCUT2D eigenvalue weighted by Crippen LogP contribution is 2.22. The number of aromatic amines is 1. The maximum absolute atomic E-state index is 8.85. The second-order valence-electron chi connectivity index (χ2n) is 3.51. The number of nitrogens with zero attached hydrogens (tertiary/aromatic N) is 4. The standard InChI is InChI=1S/C12H7N5/c13-7-8-3-5-14-10(6-8)12-11-9(16-17-12)2-1-4-15-11/h1-6H,(H,16,17). The van der Waals surface area contributed by atoms with E-state index in [0.29, 0.717) is 17.0 Å². The predicted molar refractivity (Wildman–Crippen MR) is 61.8 cm³/mol. The van der Waals surface area contributed by atoms with E-state index in [-0.39, 0.29) is 0 Å². The lowest BCUT2D eigenvalue weighted by Crippen LogP contribution is -1.86. The number of H-pyrrole nitrogens is 1. The molecular formula is C12H7N5. The van der Waals surface area contributed by atoms with Crippen molar-refractivity contribution in [1.82, 2.24) is 20.2 Å². The Morgan fingerprint density at radius 2 is 2.12 bits per heavy atom. The number of pyridine rings is 2. The van der Waals surface area contributed by atoms with Crippen LogP contribution in [0, 0.1) is 11.3 Å². The third kappa shape index (κ3) is 1.52. The molecule has 0 unspecified atom stereocenters. The van der Waals surface area contributed by atoms with E-state index < -0.39 is 0 Å². The summed E-state index contributed by atoms with van der Waals surface area (Å²) in [6.45, 7) is 0. The van der Waals surface area contributed by atoms with Crippen LogP contribution in [0.5, 0.6) is 0 Å². The minimum atomic E-state index is 0.557. The number of nitrogens with one attached hydrogen (secondary N) is 1. The molecule has 3 aromatic heterocycles. The van der Waals surface area contributed by atoms with Crippen LogP contribution < -0.4 is 0 Å². The number of nitriles is 1. The van der Waals surface area contributed by atoms with E-state index in [2.05, 4.69) is 26.2 Å². The van der Waals surface area contributed by atoms with E-state index in [1.54, 1.807) is 24.5 Å². The maximum atomic E-state index is 8.85. The molecule has 0 saturated heterocycles.